The number of hydrazone groups is 1. The Morgan fingerprint density at radius 2 is 1.76 bits per heavy atom. The van der Waals surface area contributed by atoms with Gasteiger partial charge in [-0.3, -0.25) is 9.59 Å². The molecular formula is C23H27N3O3. The maximum absolute atomic E-state index is 12.8. The standard InChI is InChI=1S/C23H27N3O3/c1-15-20-18(25-26-22(27)16-9-4-2-5-10-16)13-8-14-19(20)29-21(15)23(28)24-17-11-6-3-7-12-17/h2,4-5,9-10,17H,3,6-8,11-14H2,1H3,(H,24,28)(H,26,27)/b25-18+. The average molecular weight is 393 g/mol. The van der Waals surface area contributed by atoms with Crippen molar-refractivity contribution < 1.29 is 14.0 Å². The van der Waals surface area contributed by atoms with Crippen LogP contribution in [0.25, 0.3) is 0 Å². The molecule has 1 aromatic heterocycles. The number of fused-ring (bicyclic) bond motifs is 1. The van der Waals surface area contributed by atoms with E-state index in [2.05, 4.69) is 15.8 Å². The molecule has 1 heterocycles. The summed E-state index contributed by atoms with van der Waals surface area (Å²) in [4.78, 5) is 25.1. The minimum atomic E-state index is -0.248. The third-order valence-corrected chi connectivity index (χ3v) is 5.80. The molecule has 1 saturated carbocycles. The van der Waals surface area contributed by atoms with Gasteiger partial charge >= 0.3 is 0 Å². The number of rotatable bonds is 4. The van der Waals surface area contributed by atoms with Crippen molar-refractivity contribution in [2.24, 2.45) is 5.10 Å². The largest absolute Gasteiger partial charge is 0.455 e. The molecule has 0 spiro atoms. The Hall–Kier alpha value is -2.89. The van der Waals surface area contributed by atoms with E-state index in [9.17, 15) is 9.59 Å². The Bertz CT molecular complexity index is 924. The number of aryl methyl sites for hydroxylation is 1. The van der Waals surface area contributed by atoms with Gasteiger partial charge in [-0.1, -0.05) is 37.5 Å². The van der Waals surface area contributed by atoms with E-state index in [-0.39, 0.29) is 17.9 Å². The van der Waals surface area contributed by atoms with E-state index in [1.807, 2.05) is 25.1 Å². The van der Waals surface area contributed by atoms with Crippen molar-refractivity contribution in [2.45, 2.75) is 64.3 Å². The van der Waals surface area contributed by atoms with E-state index in [0.29, 0.717) is 11.3 Å². The molecule has 0 atom stereocenters. The minimum Gasteiger partial charge on any atom is -0.455 e. The van der Waals surface area contributed by atoms with Crippen molar-refractivity contribution in [2.75, 3.05) is 0 Å². The van der Waals surface area contributed by atoms with Crippen LogP contribution in [0.5, 0.6) is 0 Å². The molecule has 0 saturated heterocycles. The molecule has 0 aliphatic heterocycles. The molecule has 152 valence electrons. The predicted molar refractivity (Wildman–Crippen MR) is 111 cm³/mol. The van der Waals surface area contributed by atoms with Crippen LogP contribution in [-0.4, -0.2) is 23.6 Å². The van der Waals surface area contributed by atoms with Crippen molar-refractivity contribution >= 4 is 17.5 Å². The van der Waals surface area contributed by atoms with Gasteiger partial charge in [0.25, 0.3) is 11.8 Å². The lowest BCUT2D eigenvalue weighted by Crippen LogP contribution is -2.36. The minimum absolute atomic E-state index is 0.142. The van der Waals surface area contributed by atoms with Crippen LogP contribution in [-0.2, 0) is 6.42 Å². The maximum atomic E-state index is 12.8. The van der Waals surface area contributed by atoms with Crippen molar-refractivity contribution in [3.8, 4) is 0 Å². The number of furan rings is 1. The number of carbonyl (C=O) groups excluding carboxylic acids is 2. The summed E-state index contributed by atoms with van der Waals surface area (Å²) in [6, 6.07) is 9.23. The van der Waals surface area contributed by atoms with E-state index in [4.69, 9.17) is 4.42 Å². The summed E-state index contributed by atoms with van der Waals surface area (Å²) in [6.07, 6.45) is 8.03. The number of hydrogen-bond donors (Lipinski definition) is 2. The number of nitrogens with zero attached hydrogens (tertiary/aromatic N) is 1. The summed E-state index contributed by atoms with van der Waals surface area (Å²) in [5, 5.41) is 7.50. The summed E-state index contributed by atoms with van der Waals surface area (Å²) in [7, 11) is 0. The van der Waals surface area contributed by atoms with Gasteiger partial charge in [0.05, 0.1) is 5.71 Å². The Labute approximate surface area is 170 Å². The van der Waals surface area contributed by atoms with Crippen LogP contribution >= 0.6 is 0 Å². The van der Waals surface area contributed by atoms with Crippen LogP contribution < -0.4 is 10.7 Å². The second-order valence-corrected chi connectivity index (χ2v) is 7.88. The van der Waals surface area contributed by atoms with Gasteiger partial charge in [-0.25, -0.2) is 5.43 Å². The number of nitrogens with one attached hydrogen (secondary N) is 2. The smallest absolute Gasteiger partial charge is 0.287 e. The average Bonchev–Trinajstić information content (AvgIpc) is 3.10. The highest BCUT2D eigenvalue weighted by Gasteiger charge is 2.29. The quantitative estimate of drug-likeness (QED) is 0.767. The summed E-state index contributed by atoms with van der Waals surface area (Å²) in [6.45, 7) is 1.90. The molecule has 2 aliphatic rings. The molecule has 0 bridgehead atoms. The summed E-state index contributed by atoms with van der Waals surface area (Å²) in [5.74, 6) is 0.776. The molecule has 0 radical (unpaired) electrons. The highest BCUT2D eigenvalue weighted by atomic mass is 16.4. The van der Waals surface area contributed by atoms with Gasteiger partial charge in [0.2, 0.25) is 0 Å². The fourth-order valence-electron chi connectivity index (χ4n) is 4.27. The van der Waals surface area contributed by atoms with Gasteiger partial charge in [-0.05, 0) is 44.7 Å². The first-order chi connectivity index (χ1) is 14.1. The third-order valence-electron chi connectivity index (χ3n) is 5.80. The number of amides is 2. The fraction of sp³-hybridized carbons (Fsp3) is 0.435. The van der Waals surface area contributed by atoms with Gasteiger partial charge in [-0.15, -0.1) is 0 Å². The molecule has 2 aliphatic carbocycles. The molecule has 6 nitrogen and oxygen atoms in total. The zero-order valence-corrected chi connectivity index (χ0v) is 16.8. The van der Waals surface area contributed by atoms with E-state index in [1.165, 1.54) is 6.42 Å². The third kappa shape index (κ3) is 4.26. The van der Waals surface area contributed by atoms with Crippen LogP contribution in [0, 0.1) is 6.92 Å². The monoisotopic (exact) mass is 393 g/mol. The number of carbonyl (C=O) groups is 2. The summed E-state index contributed by atoms with van der Waals surface area (Å²) in [5.41, 5.74) is 5.66. The Morgan fingerprint density at radius 3 is 2.52 bits per heavy atom. The van der Waals surface area contributed by atoms with E-state index >= 15 is 0 Å². The number of hydrogen-bond acceptors (Lipinski definition) is 4. The first-order valence-corrected chi connectivity index (χ1v) is 10.5. The Morgan fingerprint density at radius 1 is 1.00 bits per heavy atom. The summed E-state index contributed by atoms with van der Waals surface area (Å²) < 4.78 is 5.96. The molecule has 6 heteroatoms. The first kappa shape index (κ1) is 19.4. The molecule has 2 amide bonds. The van der Waals surface area contributed by atoms with Crippen molar-refractivity contribution in [1.29, 1.82) is 0 Å². The highest BCUT2D eigenvalue weighted by molar-refractivity contribution is 6.07. The van der Waals surface area contributed by atoms with Crippen LogP contribution in [0.3, 0.4) is 0 Å². The van der Waals surface area contributed by atoms with Gasteiger partial charge in [0.15, 0.2) is 5.76 Å². The van der Waals surface area contributed by atoms with Crippen molar-refractivity contribution in [3.63, 3.8) is 0 Å². The fourth-order valence-corrected chi connectivity index (χ4v) is 4.27. The van der Waals surface area contributed by atoms with Gasteiger partial charge in [-0.2, -0.15) is 5.10 Å². The van der Waals surface area contributed by atoms with Crippen LogP contribution in [0.2, 0.25) is 0 Å². The SMILES string of the molecule is Cc1c(C(=O)NC2CCCCC2)oc2c1/C(=N/NC(=O)c1ccccc1)CCC2. The zero-order valence-electron chi connectivity index (χ0n) is 16.8. The molecule has 1 fully saturated rings. The lowest BCUT2D eigenvalue weighted by molar-refractivity contribution is 0.0896. The maximum Gasteiger partial charge on any atom is 0.287 e. The van der Waals surface area contributed by atoms with Gasteiger partial charge in [0.1, 0.15) is 5.76 Å². The molecular weight excluding hydrogens is 366 g/mol. The van der Waals surface area contributed by atoms with Crippen molar-refractivity contribution in [1.82, 2.24) is 10.7 Å². The van der Waals surface area contributed by atoms with Crippen LogP contribution in [0.15, 0.2) is 39.9 Å². The molecule has 2 N–H and O–H groups in total. The second kappa shape index (κ2) is 8.64. The van der Waals surface area contributed by atoms with Crippen LogP contribution in [0.4, 0.5) is 0 Å². The summed E-state index contributed by atoms with van der Waals surface area (Å²) >= 11 is 0. The van der Waals surface area contributed by atoms with E-state index < -0.39 is 0 Å². The van der Waals surface area contributed by atoms with Crippen molar-refractivity contribution in [3.05, 3.63) is 58.5 Å². The Kier molecular flexibility index (Phi) is 5.79. The molecule has 4 rings (SSSR count). The lowest BCUT2D eigenvalue weighted by atomic mass is 9.93. The van der Waals surface area contributed by atoms with Gasteiger partial charge < -0.3 is 9.73 Å². The second-order valence-electron chi connectivity index (χ2n) is 7.88. The normalized spacial score (nSPS) is 18.3. The molecule has 2 aromatic rings. The lowest BCUT2D eigenvalue weighted by Gasteiger charge is -2.22. The number of benzene rings is 1. The van der Waals surface area contributed by atoms with Gasteiger partial charge in [0, 0.05) is 29.2 Å². The highest BCUT2D eigenvalue weighted by Crippen LogP contribution is 2.30. The Balaban J connectivity index is 1.52. The first-order valence-electron chi connectivity index (χ1n) is 10.5. The predicted octanol–water partition coefficient (Wildman–Crippen LogP) is 4.12. The molecule has 29 heavy (non-hydrogen) atoms. The topological polar surface area (TPSA) is 83.7 Å². The van der Waals surface area contributed by atoms with E-state index in [1.54, 1.807) is 12.1 Å². The molecule has 0 unspecified atom stereocenters. The molecule has 1 aromatic carbocycles. The van der Waals surface area contributed by atoms with E-state index in [0.717, 1.165) is 67.5 Å². The van der Waals surface area contributed by atoms with Crippen LogP contribution in [0.1, 0.15) is 82.7 Å². The zero-order chi connectivity index (χ0) is 20.2.